The minimum atomic E-state index is -3.54. The second-order valence-corrected chi connectivity index (χ2v) is 7.35. The molecule has 3 rings (SSSR count). The van der Waals surface area contributed by atoms with E-state index in [9.17, 15) is 8.42 Å². The zero-order chi connectivity index (χ0) is 15.6. The molecule has 1 saturated heterocycles. The normalized spacial score (nSPS) is 19.1. The first-order valence-electron chi connectivity index (χ1n) is 7.57. The zero-order valence-corrected chi connectivity index (χ0v) is 13.4. The van der Waals surface area contributed by atoms with E-state index in [0.29, 0.717) is 23.4 Å². The minimum Gasteiger partial charge on any atom is -0.377 e. The van der Waals surface area contributed by atoms with Crippen molar-refractivity contribution < 1.29 is 13.2 Å². The molecule has 0 amide bonds. The van der Waals surface area contributed by atoms with Crippen LogP contribution in [0, 0.1) is 0 Å². The van der Waals surface area contributed by atoms with E-state index >= 15 is 0 Å². The number of rotatable bonds is 5. The molecule has 22 heavy (non-hydrogen) atoms. The Bertz CT molecular complexity index is 750. The Labute approximate surface area is 131 Å². The Morgan fingerprint density at radius 2 is 2.23 bits per heavy atom. The summed E-state index contributed by atoms with van der Waals surface area (Å²) in [5.74, 6) is 0. The maximum absolute atomic E-state index is 13.0. The SMILES string of the molecule is CCN(CC1CCCO1)S(=O)(=O)c1cccc2cnccc12. The van der Waals surface area contributed by atoms with Gasteiger partial charge in [0.2, 0.25) is 10.0 Å². The molecule has 1 unspecified atom stereocenters. The van der Waals surface area contributed by atoms with Gasteiger partial charge in [-0.15, -0.1) is 0 Å². The highest BCUT2D eigenvalue weighted by atomic mass is 32.2. The fourth-order valence-corrected chi connectivity index (χ4v) is 4.56. The lowest BCUT2D eigenvalue weighted by molar-refractivity contribution is 0.0947. The van der Waals surface area contributed by atoms with Gasteiger partial charge in [-0.1, -0.05) is 19.1 Å². The van der Waals surface area contributed by atoms with Crippen molar-refractivity contribution in [2.45, 2.75) is 30.8 Å². The van der Waals surface area contributed by atoms with E-state index in [0.717, 1.165) is 24.8 Å². The third-order valence-electron chi connectivity index (χ3n) is 4.04. The van der Waals surface area contributed by atoms with Gasteiger partial charge in [0.25, 0.3) is 0 Å². The molecule has 0 saturated carbocycles. The van der Waals surface area contributed by atoms with Crippen molar-refractivity contribution in [1.29, 1.82) is 0 Å². The van der Waals surface area contributed by atoms with Gasteiger partial charge in [0.15, 0.2) is 0 Å². The zero-order valence-electron chi connectivity index (χ0n) is 12.6. The molecule has 0 spiro atoms. The Morgan fingerprint density at radius 3 is 2.95 bits per heavy atom. The van der Waals surface area contributed by atoms with Crippen molar-refractivity contribution in [1.82, 2.24) is 9.29 Å². The lowest BCUT2D eigenvalue weighted by Crippen LogP contribution is -2.37. The van der Waals surface area contributed by atoms with Crippen LogP contribution in [0.2, 0.25) is 0 Å². The van der Waals surface area contributed by atoms with Crippen LogP contribution in [0.15, 0.2) is 41.6 Å². The van der Waals surface area contributed by atoms with E-state index in [-0.39, 0.29) is 6.10 Å². The Morgan fingerprint density at radius 1 is 1.36 bits per heavy atom. The standard InChI is InChI=1S/C16H20N2O3S/c1-2-18(12-14-6-4-10-21-14)22(19,20)16-7-3-5-13-11-17-9-8-15(13)16/h3,5,7-9,11,14H,2,4,6,10,12H2,1H3. The van der Waals surface area contributed by atoms with E-state index < -0.39 is 10.0 Å². The number of ether oxygens (including phenoxy) is 1. The van der Waals surface area contributed by atoms with Crippen LogP contribution in [0.1, 0.15) is 19.8 Å². The summed E-state index contributed by atoms with van der Waals surface area (Å²) in [6.45, 7) is 3.44. The first-order valence-corrected chi connectivity index (χ1v) is 9.01. The number of sulfonamides is 1. The molecule has 5 nitrogen and oxygen atoms in total. The van der Waals surface area contributed by atoms with Crippen LogP contribution in [0.4, 0.5) is 0 Å². The van der Waals surface area contributed by atoms with Crippen LogP contribution in [0.5, 0.6) is 0 Å². The van der Waals surface area contributed by atoms with E-state index in [4.69, 9.17) is 4.74 Å². The van der Waals surface area contributed by atoms with Crippen LogP contribution >= 0.6 is 0 Å². The molecule has 2 aromatic rings. The average molecular weight is 320 g/mol. The summed E-state index contributed by atoms with van der Waals surface area (Å²) in [6, 6.07) is 7.05. The maximum Gasteiger partial charge on any atom is 0.243 e. The molecular formula is C16H20N2O3S. The number of likely N-dealkylation sites (N-methyl/N-ethyl adjacent to an activating group) is 1. The first-order chi connectivity index (χ1) is 10.6. The van der Waals surface area contributed by atoms with Gasteiger partial charge in [0, 0.05) is 42.9 Å². The summed E-state index contributed by atoms with van der Waals surface area (Å²) in [5, 5.41) is 1.54. The number of nitrogens with zero attached hydrogens (tertiary/aromatic N) is 2. The number of hydrogen-bond donors (Lipinski definition) is 0. The van der Waals surface area contributed by atoms with Gasteiger partial charge in [-0.05, 0) is 25.0 Å². The van der Waals surface area contributed by atoms with Gasteiger partial charge < -0.3 is 4.74 Å². The molecule has 1 aliphatic heterocycles. The fraction of sp³-hybridized carbons (Fsp3) is 0.438. The van der Waals surface area contributed by atoms with Gasteiger partial charge in [-0.3, -0.25) is 4.98 Å². The molecule has 1 aliphatic rings. The Kier molecular flexibility index (Phi) is 4.42. The maximum atomic E-state index is 13.0. The van der Waals surface area contributed by atoms with Crippen LogP contribution < -0.4 is 0 Å². The Balaban J connectivity index is 1.99. The van der Waals surface area contributed by atoms with Crippen molar-refractivity contribution in [2.24, 2.45) is 0 Å². The molecule has 0 bridgehead atoms. The highest BCUT2D eigenvalue weighted by Crippen LogP contribution is 2.26. The van der Waals surface area contributed by atoms with Crippen LogP contribution in [-0.2, 0) is 14.8 Å². The number of pyridine rings is 1. The smallest absolute Gasteiger partial charge is 0.243 e. The molecule has 0 N–H and O–H groups in total. The summed E-state index contributed by atoms with van der Waals surface area (Å²) in [6.07, 6.45) is 5.24. The summed E-state index contributed by atoms with van der Waals surface area (Å²) in [5.41, 5.74) is 0. The van der Waals surface area contributed by atoms with Gasteiger partial charge in [-0.2, -0.15) is 4.31 Å². The largest absolute Gasteiger partial charge is 0.377 e. The van der Waals surface area contributed by atoms with Gasteiger partial charge in [0.05, 0.1) is 11.0 Å². The van der Waals surface area contributed by atoms with Gasteiger partial charge in [0.1, 0.15) is 0 Å². The quantitative estimate of drug-likeness (QED) is 0.849. The third kappa shape index (κ3) is 2.86. The van der Waals surface area contributed by atoms with Crippen LogP contribution in [0.3, 0.4) is 0 Å². The molecule has 1 atom stereocenters. The molecule has 6 heteroatoms. The predicted molar refractivity (Wildman–Crippen MR) is 85.1 cm³/mol. The van der Waals surface area contributed by atoms with Crippen molar-refractivity contribution in [3.8, 4) is 0 Å². The van der Waals surface area contributed by atoms with E-state index in [2.05, 4.69) is 4.98 Å². The third-order valence-corrected chi connectivity index (χ3v) is 6.04. The van der Waals surface area contributed by atoms with Gasteiger partial charge in [-0.25, -0.2) is 8.42 Å². The second kappa shape index (κ2) is 6.32. The molecule has 0 aliphatic carbocycles. The average Bonchev–Trinajstić information content (AvgIpc) is 3.05. The van der Waals surface area contributed by atoms with E-state index in [1.54, 1.807) is 30.6 Å². The fourth-order valence-electron chi connectivity index (χ4n) is 2.87. The number of aromatic nitrogens is 1. The topological polar surface area (TPSA) is 59.5 Å². The monoisotopic (exact) mass is 320 g/mol. The summed E-state index contributed by atoms with van der Waals surface area (Å²) < 4.78 is 33.1. The minimum absolute atomic E-state index is 0.00590. The van der Waals surface area contributed by atoms with Crippen LogP contribution in [0.25, 0.3) is 10.8 Å². The molecule has 1 fully saturated rings. The van der Waals surface area contributed by atoms with Crippen LogP contribution in [-0.4, -0.2) is 43.5 Å². The van der Waals surface area contributed by atoms with Crippen molar-refractivity contribution in [3.63, 3.8) is 0 Å². The Hall–Kier alpha value is -1.50. The molecular weight excluding hydrogens is 300 g/mol. The molecule has 1 aromatic heterocycles. The highest BCUT2D eigenvalue weighted by molar-refractivity contribution is 7.89. The predicted octanol–water partition coefficient (Wildman–Crippen LogP) is 2.42. The number of fused-ring (bicyclic) bond motifs is 1. The van der Waals surface area contributed by atoms with E-state index in [1.807, 2.05) is 13.0 Å². The molecule has 1 aromatic carbocycles. The van der Waals surface area contributed by atoms with Crippen molar-refractivity contribution in [3.05, 3.63) is 36.7 Å². The highest BCUT2D eigenvalue weighted by Gasteiger charge is 2.29. The first kappa shape index (κ1) is 15.4. The second-order valence-electron chi connectivity index (χ2n) is 5.44. The van der Waals surface area contributed by atoms with E-state index in [1.165, 1.54) is 4.31 Å². The summed E-state index contributed by atoms with van der Waals surface area (Å²) in [7, 11) is -3.54. The molecule has 0 radical (unpaired) electrons. The molecule has 118 valence electrons. The summed E-state index contributed by atoms with van der Waals surface area (Å²) in [4.78, 5) is 4.40. The van der Waals surface area contributed by atoms with Crippen molar-refractivity contribution >= 4 is 20.8 Å². The number of benzene rings is 1. The lowest BCUT2D eigenvalue weighted by Gasteiger charge is -2.24. The lowest BCUT2D eigenvalue weighted by atomic mass is 10.2. The summed E-state index contributed by atoms with van der Waals surface area (Å²) >= 11 is 0. The van der Waals surface area contributed by atoms with Gasteiger partial charge >= 0.3 is 0 Å². The van der Waals surface area contributed by atoms with Crippen molar-refractivity contribution in [2.75, 3.05) is 19.7 Å². The number of hydrogen-bond acceptors (Lipinski definition) is 4. The molecule has 2 heterocycles.